The first kappa shape index (κ1) is 13.8. The summed E-state index contributed by atoms with van der Waals surface area (Å²) < 4.78 is 0. The second kappa shape index (κ2) is 5.17. The molecule has 0 amide bonds. The average Bonchev–Trinajstić information content (AvgIpc) is 2.35. The molecular formula is C16H23N3. The maximum Gasteiger partial charge on any atom is 0.0760 e. The van der Waals surface area contributed by atoms with E-state index in [-0.39, 0.29) is 0 Å². The van der Waals surface area contributed by atoms with Gasteiger partial charge >= 0.3 is 0 Å². The van der Waals surface area contributed by atoms with Crippen LogP contribution in [0.15, 0.2) is 18.2 Å². The molecule has 0 fully saturated rings. The number of para-hydroxylation sites is 1. The summed E-state index contributed by atoms with van der Waals surface area (Å²) in [5.74, 6) is 0.467. The van der Waals surface area contributed by atoms with Gasteiger partial charge in [-0.25, -0.2) is 0 Å². The van der Waals surface area contributed by atoms with Crippen molar-refractivity contribution in [3.05, 3.63) is 35.0 Å². The molecular weight excluding hydrogens is 234 g/mol. The van der Waals surface area contributed by atoms with Crippen LogP contribution in [0.3, 0.4) is 0 Å². The van der Waals surface area contributed by atoms with E-state index < -0.39 is 0 Å². The maximum absolute atomic E-state index is 5.91. The van der Waals surface area contributed by atoms with E-state index in [1.54, 1.807) is 0 Å². The molecule has 19 heavy (non-hydrogen) atoms. The van der Waals surface area contributed by atoms with Crippen LogP contribution in [0.4, 0.5) is 5.69 Å². The maximum atomic E-state index is 5.91. The number of nitrogens with zero attached hydrogens (tertiary/aromatic N) is 2. The van der Waals surface area contributed by atoms with Crippen molar-refractivity contribution >= 4 is 16.6 Å². The smallest absolute Gasteiger partial charge is 0.0760 e. The molecule has 0 atom stereocenters. The minimum atomic E-state index is 0.467. The molecule has 3 nitrogen and oxygen atoms in total. The van der Waals surface area contributed by atoms with Gasteiger partial charge in [-0.2, -0.15) is 0 Å². The molecule has 3 heteroatoms. The third kappa shape index (κ3) is 2.30. The van der Waals surface area contributed by atoms with Crippen LogP contribution in [0, 0.1) is 6.92 Å². The number of rotatable bonds is 3. The molecule has 0 spiro atoms. The molecule has 0 bridgehead atoms. The first-order valence-electron chi connectivity index (χ1n) is 6.76. The van der Waals surface area contributed by atoms with E-state index in [0.717, 1.165) is 16.8 Å². The number of fused-ring (bicyclic) bond motifs is 1. The fourth-order valence-electron chi connectivity index (χ4n) is 2.67. The van der Waals surface area contributed by atoms with Gasteiger partial charge in [0, 0.05) is 37.3 Å². The fraction of sp³-hybridized carbons (Fsp3) is 0.438. The first-order valence-corrected chi connectivity index (χ1v) is 6.76. The summed E-state index contributed by atoms with van der Waals surface area (Å²) in [5, 5.41) is 1.20. The minimum Gasteiger partial charge on any atom is -0.377 e. The largest absolute Gasteiger partial charge is 0.377 e. The summed E-state index contributed by atoms with van der Waals surface area (Å²) in [6, 6.07) is 6.42. The van der Waals surface area contributed by atoms with Crippen LogP contribution in [-0.4, -0.2) is 19.1 Å². The first-order chi connectivity index (χ1) is 8.97. The van der Waals surface area contributed by atoms with E-state index in [1.807, 2.05) is 6.92 Å². The molecule has 0 aliphatic carbocycles. The van der Waals surface area contributed by atoms with Crippen LogP contribution in [-0.2, 0) is 6.54 Å². The van der Waals surface area contributed by atoms with Gasteiger partial charge in [0.05, 0.1) is 11.2 Å². The van der Waals surface area contributed by atoms with E-state index in [1.165, 1.54) is 16.6 Å². The Hall–Kier alpha value is -1.61. The molecule has 1 heterocycles. The van der Waals surface area contributed by atoms with Gasteiger partial charge in [0.15, 0.2) is 0 Å². The van der Waals surface area contributed by atoms with Crippen LogP contribution in [0.25, 0.3) is 10.9 Å². The molecule has 0 aliphatic rings. The zero-order valence-corrected chi connectivity index (χ0v) is 12.5. The number of aryl methyl sites for hydroxylation is 1. The highest BCUT2D eigenvalue weighted by atomic mass is 15.1. The van der Waals surface area contributed by atoms with Crippen LogP contribution < -0.4 is 10.6 Å². The Morgan fingerprint density at radius 2 is 1.95 bits per heavy atom. The zero-order chi connectivity index (χ0) is 14.2. The monoisotopic (exact) mass is 257 g/mol. The van der Waals surface area contributed by atoms with Crippen molar-refractivity contribution in [1.82, 2.24) is 4.98 Å². The van der Waals surface area contributed by atoms with E-state index in [9.17, 15) is 0 Å². The second-order valence-electron chi connectivity index (χ2n) is 5.52. The zero-order valence-electron chi connectivity index (χ0n) is 12.5. The topological polar surface area (TPSA) is 42.2 Å². The molecule has 2 N–H and O–H groups in total. The minimum absolute atomic E-state index is 0.467. The van der Waals surface area contributed by atoms with Gasteiger partial charge in [0.1, 0.15) is 0 Å². The highest BCUT2D eigenvalue weighted by Gasteiger charge is 2.16. The number of anilines is 1. The Morgan fingerprint density at radius 3 is 2.47 bits per heavy atom. The summed E-state index contributed by atoms with van der Waals surface area (Å²) in [5.41, 5.74) is 11.7. The summed E-state index contributed by atoms with van der Waals surface area (Å²) in [7, 11) is 4.13. The highest BCUT2D eigenvalue weighted by Crippen LogP contribution is 2.34. The molecule has 0 unspecified atom stereocenters. The van der Waals surface area contributed by atoms with Crippen molar-refractivity contribution < 1.29 is 0 Å². The molecule has 0 aliphatic heterocycles. The summed E-state index contributed by atoms with van der Waals surface area (Å²) in [6.07, 6.45) is 0. The second-order valence-corrected chi connectivity index (χ2v) is 5.52. The summed E-state index contributed by atoms with van der Waals surface area (Å²) in [6.45, 7) is 6.98. The molecule has 102 valence electrons. The van der Waals surface area contributed by atoms with Gasteiger partial charge in [0.2, 0.25) is 0 Å². The Morgan fingerprint density at radius 1 is 1.26 bits per heavy atom. The van der Waals surface area contributed by atoms with Crippen LogP contribution >= 0.6 is 0 Å². The van der Waals surface area contributed by atoms with Gasteiger partial charge in [-0.1, -0.05) is 32.0 Å². The third-order valence-corrected chi connectivity index (χ3v) is 3.60. The number of aromatic nitrogens is 1. The quantitative estimate of drug-likeness (QED) is 0.918. The van der Waals surface area contributed by atoms with Crippen molar-refractivity contribution in [2.45, 2.75) is 33.2 Å². The van der Waals surface area contributed by atoms with E-state index >= 15 is 0 Å². The highest BCUT2D eigenvalue weighted by molar-refractivity contribution is 5.95. The molecule has 1 aromatic carbocycles. The number of hydrogen-bond acceptors (Lipinski definition) is 3. The average molecular weight is 257 g/mol. The van der Waals surface area contributed by atoms with Crippen molar-refractivity contribution in [3.63, 3.8) is 0 Å². The molecule has 0 saturated carbocycles. The van der Waals surface area contributed by atoms with Crippen LogP contribution in [0.1, 0.15) is 36.6 Å². The Labute approximate surface area is 115 Å². The van der Waals surface area contributed by atoms with Crippen molar-refractivity contribution in [2.75, 3.05) is 19.0 Å². The van der Waals surface area contributed by atoms with Crippen molar-refractivity contribution in [2.24, 2.45) is 5.73 Å². The number of pyridine rings is 1. The van der Waals surface area contributed by atoms with Gasteiger partial charge in [-0.05, 0) is 18.4 Å². The molecule has 1 aromatic heterocycles. The van der Waals surface area contributed by atoms with Crippen molar-refractivity contribution in [3.8, 4) is 0 Å². The molecule has 0 radical (unpaired) electrons. The predicted molar refractivity (Wildman–Crippen MR) is 82.8 cm³/mol. The lowest BCUT2D eigenvalue weighted by atomic mass is 9.96. The van der Waals surface area contributed by atoms with Gasteiger partial charge in [0.25, 0.3) is 0 Å². The summed E-state index contributed by atoms with van der Waals surface area (Å²) in [4.78, 5) is 6.95. The van der Waals surface area contributed by atoms with Crippen LogP contribution in [0.2, 0.25) is 0 Å². The van der Waals surface area contributed by atoms with Crippen molar-refractivity contribution in [1.29, 1.82) is 0 Å². The predicted octanol–water partition coefficient (Wildman–Crippen LogP) is 3.19. The third-order valence-electron chi connectivity index (χ3n) is 3.60. The fourth-order valence-corrected chi connectivity index (χ4v) is 2.67. The Balaban J connectivity index is 2.91. The SMILES string of the molecule is Cc1nc2c(C(C)C)cccc2c(N(C)C)c1CN. The Kier molecular flexibility index (Phi) is 3.76. The van der Waals surface area contributed by atoms with E-state index in [0.29, 0.717) is 12.5 Å². The lowest BCUT2D eigenvalue weighted by Crippen LogP contribution is -2.16. The normalized spacial score (nSPS) is 11.3. The van der Waals surface area contributed by atoms with E-state index in [2.05, 4.69) is 51.0 Å². The number of hydrogen-bond donors (Lipinski definition) is 1. The number of benzene rings is 1. The number of nitrogens with two attached hydrogens (primary N) is 1. The van der Waals surface area contributed by atoms with Gasteiger partial charge in [-0.3, -0.25) is 4.98 Å². The Bertz CT molecular complexity index is 600. The van der Waals surface area contributed by atoms with Gasteiger partial charge < -0.3 is 10.6 Å². The van der Waals surface area contributed by atoms with Gasteiger partial charge in [-0.15, -0.1) is 0 Å². The standard InChI is InChI=1S/C16H23N3/c1-10(2)12-7-6-8-13-15(12)18-11(3)14(9-17)16(13)19(4)5/h6-8,10H,9,17H2,1-5H3. The summed E-state index contributed by atoms with van der Waals surface area (Å²) >= 11 is 0. The van der Waals surface area contributed by atoms with E-state index in [4.69, 9.17) is 10.7 Å². The lowest BCUT2D eigenvalue weighted by Gasteiger charge is -2.22. The lowest BCUT2D eigenvalue weighted by molar-refractivity contribution is 0.870. The molecule has 2 aromatic rings. The molecule has 2 rings (SSSR count). The van der Waals surface area contributed by atoms with Crippen LogP contribution in [0.5, 0.6) is 0 Å². The molecule has 0 saturated heterocycles.